The molecule has 162 valence electrons. The van der Waals surface area contributed by atoms with E-state index in [1.807, 2.05) is 30.3 Å². The Labute approximate surface area is 178 Å². The van der Waals surface area contributed by atoms with Crippen LogP contribution in [0, 0.1) is 6.92 Å². The van der Waals surface area contributed by atoms with Crippen molar-refractivity contribution in [3.05, 3.63) is 65.7 Å². The molecule has 0 radical (unpaired) electrons. The van der Waals surface area contributed by atoms with Crippen LogP contribution < -0.4 is 9.62 Å². The SMILES string of the molecule is CCNC(=O)[C@@H](C)N(Cc1ccccc1)C(=O)CN(c1ccccc1C)S(C)(=O)=O. The Hall–Kier alpha value is -2.87. The van der Waals surface area contributed by atoms with Gasteiger partial charge in [0.1, 0.15) is 12.6 Å². The van der Waals surface area contributed by atoms with E-state index in [4.69, 9.17) is 0 Å². The van der Waals surface area contributed by atoms with Gasteiger partial charge in [0.25, 0.3) is 0 Å². The third-order valence-corrected chi connectivity index (χ3v) is 5.90. The second kappa shape index (κ2) is 10.2. The lowest BCUT2D eigenvalue weighted by molar-refractivity contribution is -0.139. The molecule has 0 aliphatic heterocycles. The summed E-state index contributed by atoms with van der Waals surface area (Å²) in [6.07, 6.45) is 1.07. The highest BCUT2D eigenvalue weighted by Gasteiger charge is 2.30. The van der Waals surface area contributed by atoms with E-state index >= 15 is 0 Å². The molecule has 0 aliphatic rings. The molecule has 0 saturated carbocycles. The van der Waals surface area contributed by atoms with Gasteiger partial charge in [0.05, 0.1) is 11.9 Å². The molecule has 30 heavy (non-hydrogen) atoms. The number of carbonyl (C=O) groups is 2. The number of para-hydroxylation sites is 1. The topological polar surface area (TPSA) is 86.8 Å². The monoisotopic (exact) mass is 431 g/mol. The number of aryl methyl sites for hydroxylation is 1. The van der Waals surface area contributed by atoms with Crippen LogP contribution >= 0.6 is 0 Å². The number of hydrogen-bond donors (Lipinski definition) is 1. The number of nitrogens with zero attached hydrogens (tertiary/aromatic N) is 2. The van der Waals surface area contributed by atoms with Crippen molar-refractivity contribution in [2.24, 2.45) is 0 Å². The molecule has 1 N–H and O–H groups in total. The zero-order valence-electron chi connectivity index (χ0n) is 17.8. The van der Waals surface area contributed by atoms with Crippen LogP contribution in [0.5, 0.6) is 0 Å². The highest BCUT2D eigenvalue weighted by Crippen LogP contribution is 2.22. The fourth-order valence-electron chi connectivity index (χ4n) is 3.12. The first kappa shape index (κ1) is 23.4. The van der Waals surface area contributed by atoms with Crippen molar-refractivity contribution in [3.8, 4) is 0 Å². The molecule has 2 amide bonds. The zero-order chi connectivity index (χ0) is 22.3. The summed E-state index contributed by atoms with van der Waals surface area (Å²) in [6, 6.07) is 15.5. The van der Waals surface area contributed by atoms with Gasteiger partial charge in [-0.05, 0) is 38.0 Å². The molecule has 0 saturated heterocycles. The third-order valence-electron chi connectivity index (χ3n) is 4.78. The summed E-state index contributed by atoms with van der Waals surface area (Å²) in [6.45, 7) is 5.48. The number of carbonyl (C=O) groups excluding carboxylic acids is 2. The average molecular weight is 432 g/mol. The van der Waals surface area contributed by atoms with Crippen LogP contribution in [-0.4, -0.2) is 50.5 Å². The normalized spacial score (nSPS) is 12.1. The minimum absolute atomic E-state index is 0.198. The maximum absolute atomic E-state index is 13.3. The van der Waals surface area contributed by atoms with Gasteiger partial charge < -0.3 is 10.2 Å². The second-order valence-electron chi connectivity index (χ2n) is 7.13. The van der Waals surface area contributed by atoms with Gasteiger partial charge in [0.2, 0.25) is 21.8 Å². The smallest absolute Gasteiger partial charge is 0.244 e. The lowest BCUT2D eigenvalue weighted by Gasteiger charge is -2.31. The molecule has 0 heterocycles. The van der Waals surface area contributed by atoms with Crippen molar-refractivity contribution < 1.29 is 18.0 Å². The first-order valence-corrected chi connectivity index (χ1v) is 11.6. The molecular formula is C22H29N3O4S. The van der Waals surface area contributed by atoms with Crippen LogP contribution in [0.25, 0.3) is 0 Å². The molecule has 8 heteroatoms. The highest BCUT2D eigenvalue weighted by atomic mass is 32.2. The van der Waals surface area contributed by atoms with Crippen LogP contribution in [0.3, 0.4) is 0 Å². The van der Waals surface area contributed by atoms with Crippen molar-refractivity contribution in [3.63, 3.8) is 0 Å². The molecule has 0 aromatic heterocycles. The summed E-state index contributed by atoms with van der Waals surface area (Å²) in [5.74, 6) is -0.741. The molecule has 2 aromatic carbocycles. The van der Waals surface area contributed by atoms with Gasteiger partial charge in [0, 0.05) is 13.1 Å². The molecule has 0 unspecified atom stereocenters. The van der Waals surface area contributed by atoms with E-state index in [1.165, 1.54) is 4.90 Å². The second-order valence-corrected chi connectivity index (χ2v) is 9.04. The molecule has 2 aromatic rings. The van der Waals surface area contributed by atoms with Gasteiger partial charge in [0.15, 0.2) is 0 Å². The largest absolute Gasteiger partial charge is 0.355 e. The summed E-state index contributed by atoms with van der Waals surface area (Å²) in [4.78, 5) is 27.1. The van der Waals surface area contributed by atoms with E-state index in [0.717, 1.165) is 21.7 Å². The maximum Gasteiger partial charge on any atom is 0.244 e. The minimum atomic E-state index is -3.71. The van der Waals surface area contributed by atoms with Crippen LogP contribution in [-0.2, 0) is 26.2 Å². The van der Waals surface area contributed by atoms with Crippen molar-refractivity contribution >= 4 is 27.5 Å². The Kier molecular flexibility index (Phi) is 8.00. The maximum atomic E-state index is 13.3. The number of sulfonamides is 1. The fraction of sp³-hybridized carbons (Fsp3) is 0.364. The number of benzene rings is 2. The van der Waals surface area contributed by atoms with E-state index in [0.29, 0.717) is 12.2 Å². The number of likely N-dealkylation sites (N-methyl/N-ethyl adjacent to an activating group) is 1. The third kappa shape index (κ3) is 6.06. The summed E-state index contributed by atoms with van der Waals surface area (Å²) >= 11 is 0. The molecular weight excluding hydrogens is 402 g/mol. The summed E-state index contributed by atoms with van der Waals surface area (Å²) in [5.41, 5.74) is 2.03. The Morgan fingerprint density at radius 1 is 1.03 bits per heavy atom. The number of nitrogens with one attached hydrogen (secondary N) is 1. The predicted molar refractivity (Wildman–Crippen MR) is 119 cm³/mol. The molecule has 2 rings (SSSR count). The van der Waals surface area contributed by atoms with E-state index < -0.39 is 22.0 Å². The lowest BCUT2D eigenvalue weighted by atomic mass is 10.1. The van der Waals surface area contributed by atoms with Gasteiger partial charge in [-0.2, -0.15) is 0 Å². The summed E-state index contributed by atoms with van der Waals surface area (Å²) < 4.78 is 26.1. The zero-order valence-corrected chi connectivity index (χ0v) is 18.6. The summed E-state index contributed by atoms with van der Waals surface area (Å²) in [5, 5.41) is 2.73. The van der Waals surface area contributed by atoms with E-state index in [9.17, 15) is 18.0 Å². The Morgan fingerprint density at radius 3 is 2.20 bits per heavy atom. The van der Waals surface area contributed by atoms with Gasteiger partial charge >= 0.3 is 0 Å². The van der Waals surface area contributed by atoms with Crippen molar-refractivity contribution in [2.75, 3.05) is 23.7 Å². The van der Waals surface area contributed by atoms with Crippen molar-refractivity contribution in [2.45, 2.75) is 33.4 Å². The van der Waals surface area contributed by atoms with Crippen molar-refractivity contribution in [1.82, 2.24) is 10.2 Å². The standard InChI is InChI=1S/C22H29N3O4S/c1-5-23-22(27)18(3)24(15-19-12-7-6-8-13-19)21(26)16-25(30(4,28)29)20-14-10-9-11-17(20)2/h6-14,18H,5,15-16H2,1-4H3,(H,23,27)/t18-/m1/s1. The molecule has 0 bridgehead atoms. The molecule has 7 nitrogen and oxygen atoms in total. The van der Waals surface area contributed by atoms with E-state index in [1.54, 1.807) is 45.0 Å². The van der Waals surface area contributed by atoms with Crippen LogP contribution in [0.1, 0.15) is 25.0 Å². The molecule has 1 atom stereocenters. The van der Waals surface area contributed by atoms with Gasteiger partial charge in [-0.15, -0.1) is 0 Å². The first-order valence-electron chi connectivity index (χ1n) is 9.79. The minimum Gasteiger partial charge on any atom is -0.355 e. The fourth-order valence-corrected chi connectivity index (χ4v) is 4.03. The van der Waals surface area contributed by atoms with Gasteiger partial charge in [-0.1, -0.05) is 48.5 Å². The highest BCUT2D eigenvalue weighted by molar-refractivity contribution is 7.92. The number of anilines is 1. The van der Waals surface area contributed by atoms with Crippen LogP contribution in [0.4, 0.5) is 5.69 Å². The quantitative estimate of drug-likeness (QED) is 0.660. The lowest BCUT2D eigenvalue weighted by Crippen LogP contribution is -2.51. The Bertz CT molecular complexity index is 977. The van der Waals surface area contributed by atoms with Gasteiger partial charge in [-0.3, -0.25) is 13.9 Å². The first-order chi connectivity index (χ1) is 14.1. The Balaban J connectivity index is 2.37. The molecule has 0 aliphatic carbocycles. The predicted octanol–water partition coefficient (Wildman–Crippen LogP) is 2.31. The van der Waals surface area contributed by atoms with E-state index in [-0.39, 0.29) is 19.0 Å². The van der Waals surface area contributed by atoms with Gasteiger partial charge in [-0.25, -0.2) is 8.42 Å². The number of rotatable bonds is 9. The van der Waals surface area contributed by atoms with Crippen LogP contribution in [0.2, 0.25) is 0 Å². The van der Waals surface area contributed by atoms with Crippen molar-refractivity contribution in [1.29, 1.82) is 0 Å². The number of hydrogen-bond acceptors (Lipinski definition) is 4. The average Bonchev–Trinajstić information content (AvgIpc) is 2.70. The van der Waals surface area contributed by atoms with E-state index in [2.05, 4.69) is 5.32 Å². The summed E-state index contributed by atoms with van der Waals surface area (Å²) in [7, 11) is -3.71. The Morgan fingerprint density at radius 2 is 1.63 bits per heavy atom. The molecule has 0 spiro atoms. The number of amides is 2. The van der Waals surface area contributed by atoms with Crippen LogP contribution in [0.15, 0.2) is 54.6 Å². The molecule has 0 fully saturated rings.